The first kappa shape index (κ1) is 19.6. The van der Waals surface area contributed by atoms with Crippen LogP contribution in [-0.2, 0) is 19.1 Å². The molecule has 3 rings (SSSR count). The number of likely N-dealkylation sites (tertiary alicyclic amines) is 1. The van der Waals surface area contributed by atoms with Gasteiger partial charge in [-0.2, -0.15) is 0 Å². The molecule has 1 N–H and O–H groups in total. The molecule has 0 aromatic carbocycles. The van der Waals surface area contributed by atoms with Crippen LogP contribution in [0.15, 0.2) is 0 Å². The predicted molar refractivity (Wildman–Crippen MR) is 96.5 cm³/mol. The summed E-state index contributed by atoms with van der Waals surface area (Å²) in [6.45, 7) is 2.41. The van der Waals surface area contributed by atoms with Gasteiger partial charge in [0.05, 0.1) is 13.0 Å². The molecule has 0 radical (unpaired) electrons. The maximum Gasteiger partial charge on any atom is 0.325 e. The molecule has 1 aliphatic carbocycles. The van der Waals surface area contributed by atoms with Gasteiger partial charge in [-0.3, -0.25) is 19.3 Å². The minimum absolute atomic E-state index is 0.124. The van der Waals surface area contributed by atoms with Gasteiger partial charge < -0.3 is 15.0 Å². The lowest BCUT2D eigenvalue weighted by Crippen LogP contribution is -2.52. The minimum atomic E-state index is -0.907. The SMILES string of the molecule is COC(=O)C1CCN(C(=O)CN2C(=O)N[C@](C)(C3CCCCC3)C2=O)CC1. The lowest BCUT2D eigenvalue weighted by Gasteiger charge is -2.34. The van der Waals surface area contributed by atoms with Crippen LogP contribution in [-0.4, -0.2) is 65.9 Å². The van der Waals surface area contributed by atoms with Gasteiger partial charge in [-0.25, -0.2) is 4.79 Å². The molecule has 3 fully saturated rings. The van der Waals surface area contributed by atoms with Crippen LogP contribution in [0.1, 0.15) is 51.9 Å². The quantitative estimate of drug-likeness (QED) is 0.586. The van der Waals surface area contributed by atoms with E-state index in [1.165, 1.54) is 13.5 Å². The molecular weight excluding hydrogens is 350 g/mol. The average molecular weight is 379 g/mol. The van der Waals surface area contributed by atoms with Crippen molar-refractivity contribution in [2.24, 2.45) is 11.8 Å². The van der Waals surface area contributed by atoms with Crippen LogP contribution < -0.4 is 5.32 Å². The monoisotopic (exact) mass is 379 g/mol. The Bertz CT molecular complexity index is 623. The number of nitrogens with zero attached hydrogens (tertiary/aromatic N) is 2. The molecule has 8 nitrogen and oxygen atoms in total. The smallest absolute Gasteiger partial charge is 0.325 e. The lowest BCUT2D eigenvalue weighted by molar-refractivity contribution is -0.149. The van der Waals surface area contributed by atoms with Crippen molar-refractivity contribution < 1.29 is 23.9 Å². The van der Waals surface area contributed by atoms with E-state index in [-0.39, 0.29) is 36.2 Å². The summed E-state index contributed by atoms with van der Waals surface area (Å²) in [5.41, 5.74) is -0.907. The summed E-state index contributed by atoms with van der Waals surface area (Å²) in [5, 5.41) is 2.84. The molecule has 0 spiro atoms. The largest absolute Gasteiger partial charge is 0.469 e. The van der Waals surface area contributed by atoms with Crippen LogP contribution in [0.25, 0.3) is 0 Å². The number of carbonyl (C=O) groups is 4. The second-order valence-corrected chi connectivity index (χ2v) is 8.04. The Hall–Kier alpha value is -2.12. The molecule has 0 unspecified atom stereocenters. The van der Waals surface area contributed by atoms with Gasteiger partial charge in [0.25, 0.3) is 5.91 Å². The average Bonchev–Trinajstić information content (AvgIpc) is 2.92. The minimum Gasteiger partial charge on any atom is -0.469 e. The fourth-order valence-electron chi connectivity index (χ4n) is 4.58. The summed E-state index contributed by atoms with van der Waals surface area (Å²) < 4.78 is 4.75. The number of piperidine rings is 1. The Kier molecular flexibility index (Phi) is 5.72. The van der Waals surface area contributed by atoms with Crippen molar-refractivity contribution in [2.45, 2.75) is 57.4 Å². The molecule has 27 heavy (non-hydrogen) atoms. The Balaban J connectivity index is 1.59. The fourth-order valence-corrected chi connectivity index (χ4v) is 4.58. The number of ether oxygens (including phenoxy) is 1. The first-order chi connectivity index (χ1) is 12.9. The number of amides is 4. The van der Waals surface area contributed by atoms with Crippen LogP contribution in [0, 0.1) is 11.8 Å². The molecule has 0 aromatic heterocycles. The van der Waals surface area contributed by atoms with E-state index in [1.807, 2.05) is 0 Å². The molecule has 4 amide bonds. The van der Waals surface area contributed by atoms with Gasteiger partial charge in [0, 0.05) is 13.1 Å². The van der Waals surface area contributed by atoms with Crippen LogP contribution in [0.2, 0.25) is 0 Å². The van der Waals surface area contributed by atoms with Gasteiger partial charge in [0.15, 0.2) is 0 Å². The van der Waals surface area contributed by atoms with Crippen molar-refractivity contribution in [1.82, 2.24) is 15.1 Å². The number of urea groups is 1. The van der Waals surface area contributed by atoms with Gasteiger partial charge in [-0.1, -0.05) is 19.3 Å². The van der Waals surface area contributed by atoms with Crippen LogP contribution in [0.5, 0.6) is 0 Å². The van der Waals surface area contributed by atoms with Crippen LogP contribution in [0.3, 0.4) is 0 Å². The topological polar surface area (TPSA) is 96.0 Å². The number of esters is 1. The number of hydrogen-bond donors (Lipinski definition) is 1. The van der Waals surface area contributed by atoms with E-state index in [0.717, 1.165) is 30.6 Å². The summed E-state index contributed by atoms with van der Waals surface area (Å²) in [6.07, 6.45) is 6.22. The van der Waals surface area contributed by atoms with Crippen molar-refractivity contribution in [3.8, 4) is 0 Å². The highest BCUT2D eigenvalue weighted by Crippen LogP contribution is 2.36. The first-order valence-corrected chi connectivity index (χ1v) is 9.86. The summed E-state index contributed by atoms with van der Waals surface area (Å²) >= 11 is 0. The van der Waals surface area contributed by atoms with Gasteiger partial charge in [0.2, 0.25) is 5.91 Å². The summed E-state index contributed by atoms with van der Waals surface area (Å²) in [7, 11) is 1.36. The van der Waals surface area contributed by atoms with E-state index in [9.17, 15) is 19.2 Å². The van der Waals surface area contributed by atoms with Gasteiger partial charge in [-0.15, -0.1) is 0 Å². The standard InChI is InChI=1S/C19H29N3O5/c1-19(14-6-4-3-5-7-14)17(25)22(18(26)20-19)12-15(23)21-10-8-13(9-11-21)16(24)27-2/h13-14H,3-12H2,1-2H3,(H,20,26)/t19-/m1/s1. The van der Waals surface area contributed by atoms with Crippen LogP contribution >= 0.6 is 0 Å². The van der Waals surface area contributed by atoms with E-state index in [2.05, 4.69) is 5.32 Å². The maximum absolute atomic E-state index is 12.9. The normalized spacial score (nSPS) is 27.6. The number of nitrogens with one attached hydrogen (secondary N) is 1. The van der Waals surface area contributed by atoms with E-state index < -0.39 is 11.6 Å². The van der Waals surface area contributed by atoms with Crippen molar-refractivity contribution in [1.29, 1.82) is 0 Å². The Morgan fingerprint density at radius 1 is 1.11 bits per heavy atom. The van der Waals surface area contributed by atoms with E-state index >= 15 is 0 Å². The zero-order valence-electron chi connectivity index (χ0n) is 16.2. The zero-order valence-corrected chi connectivity index (χ0v) is 16.2. The van der Waals surface area contributed by atoms with Gasteiger partial charge in [0.1, 0.15) is 12.1 Å². The number of methoxy groups -OCH3 is 1. The number of hydrogen-bond acceptors (Lipinski definition) is 5. The number of imide groups is 1. The van der Waals surface area contributed by atoms with Crippen molar-refractivity contribution in [2.75, 3.05) is 26.7 Å². The molecule has 2 heterocycles. The highest BCUT2D eigenvalue weighted by molar-refractivity contribution is 6.09. The molecule has 2 saturated heterocycles. The third-order valence-electron chi connectivity index (χ3n) is 6.40. The van der Waals surface area contributed by atoms with Gasteiger partial charge >= 0.3 is 12.0 Å². The molecule has 1 saturated carbocycles. The highest BCUT2D eigenvalue weighted by Gasteiger charge is 2.52. The third-order valence-corrected chi connectivity index (χ3v) is 6.40. The molecule has 0 aromatic rings. The molecule has 2 aliphatic heterocycles. The fraction of sp³-hybridized carbons (Fsp3) is 0.789. The molecule has 8 heteroatoms. The van der Waals surface area contributed by atoms with Crippen molar-refractivity contribution in [3.05, 3.63) is 0 Å². The Morgan fingerprint density at radius 2 is 1.74 bits per heavy atom. The lowest BCUT2D eigenvalue weighted by atomic mass is 9.75. The first-order valence-electron chi connectivity index (χ1n) is 9.86. The Labute approximate surface area is 159 Å². The van der Waals surface area contributed by atoms with E-state index in [0.29, 0.717) is 25.9 Å². The van der Waals surface area contributed by atoms with E-state index in [4.69, 9.17) is 4.74 Å². The Morgan fingerprint density at radius 3 is 2.33 bits per heavy atom. The predicted octanol–water partition coefficient (Wildman–Crippen LogP) is 1.29. The molecular formula is C19H29N3O5. The summed E-state index contributed by atoms with van der Waals surface area (Å²) in [6, 6.07) is -0.481. The molecule has 3 aliphatic rings. The van der Waals surface area contributed by atoms with Crippen molar-refractivity contribution >= 4 is 23.8 Å². The van der Waals surface area contributed by atoms with Crippen LogP contribution in [0.4, 0.5) is 4.79 Å². The second kappa shape index (κ2) is 7.86. The maximum atomic E-state index is 12.9. The molecule has 1 atom stereocenters. The summed E-state index contributed by atoms with van der Waals surface area (Å²) in [4.78, 5) is 52.2. The highest BCUT2D eigenvalue weighted by atomic mass is 16.5. The molecule has 150 valence electrons. The third kappa shape index (κ3) is 3.80. The summed E-state index contributed by atoms with van der Waals surface area (Å²) in [5.74, 6) is -0.865. The van der Waals surface area contributed by atoms with Crippen molar-refractivity contribution in [3.63, 3.8) is 0 Å². The number of carbonyl (C=O) groups excluding carboxylic acids is 4. The second-order valence-electron chi connectivity index (χ2n) is 8.04. The van der Waals surface area contributed by atoms with E-state index in [1.54, 1.807) is 11.8 Å². The zero-order chi connectivity index (χ0) is 19.6. The molecule has 0 bridgehead atoms. The van der Waals surface area contributed by atoms with Gasteiger partial charge in [-0.05, 0) is 38.5 Å². The number of rotatable bonds is 4.